The molecular weight excluding hydrogens is 329 g/mol. The quantitative estimate of drug-likeness (QED) is 0.899. The molecule has 0 saturated carbocycles. The average molecular weight is 346 g/mol. The van der Waals surface area contributed by atoms with Gasteiger partial charge in [0.25, 0.3) is 5.91 Å². The second-order valence-electron chi connectivity index (χ2n) is 4.57. The second-order valence-corrected chi connectivity index (χ2v) is 5.43. The lowest BCUT2D eigenvalue weighted by atomic mass is 10.2. The molecule has 1 atom stereocenters. The molecule has 1 aliphatic rings. The lowest BCUT2D eigenvalue weighted by Gasteiger charge is -2.09. The Hall–Kier alpha value is -1.14. The predicted molar refractivity (Wildman–Crippen MR) is 90.8 cm³/mol. The van der Waals surface area contributed by atoms with Crippen LogP contribution in [0, 0.1) is 0 Å². The number of carbonyl (C=O) groups excluding carboxylic acids is 1. The van der Waals surface area contributed by atoms with E-state index in [9.17, 15) is 4.79 Å². The number of thiazole rings is 1. The van der Waals surface area contributed by atoms with E-state index >= 15 is 0 Å². The van der Waals surface area contributed by atoms with E-state index in [0.29, 0.717) is 5.69 Å². The van der Waals surface area contributed by atoms with Crippen molar-refractivity contribution >= 4 is 42.1 Å². The molecule has 3 rings (SSSR count). The van der Waals surface area contributed by atoms with Gasteiger partial charge >= 0.3 is 0 Å². The molecule has 2 N–H and O–H groups in total. The number of nitrogens with zero attached hydrogens (tertiary/aromatic N) is 1. The molecule has 2 heterocycles. The smallest absolute Gasteiger partial charge is 0.271 e. The molecule has 1 aromatic carbocycles. The zero-order valence-electron chi connectivity index (χ0n) is 11.2. The van der Waals surface area contributed by atoms with Crippen LogP contribution in [0.4, 0.5) is 0 Å². The van der Waals surface area contributed by atoms with Gasteiger partial charge < -0.3 is 10.6 Å². The molecule has 0 bridgehead atoms. The summed E-state index contributed by atoms with van der Waals surface area (Å²) >= 11 is 1.50. The summed E-state index contributed by atoms with van der Waals surface area (Å²) in [5.74, 6) is -0.0767. The first-order valence-electron chi connectivity index (χ1n) is 6.35. The summed E-state index contributed by atoms with van der Waals surface area (Å²) in [7, 11) is 0. The van der Waals surface area contributed by atoms with E-state index in [-0.39, 0.29) is 36.8 Å². The lowest BCUT2D eigenvalue weighted by molar-refractivity contribution is 0.0936. The second kappa shape index (κ2) is 8.34. The number of rotatable bonds is 3. The number of amides is 1. The Morgan fingerprint density at radius 1 is 1.29 bits per heavy atom. The Morgan fingerprint density at radius 3 is 2.71 bits per heavy atom. The van der Waals surface area contributed by atoms with Crippen molar-refractivity contribution in [3.63, 3.8) is 0 Å². The van der Waals surface area contributed by atoms with E-state index in [1.165, 1.54) is 11.3 Å². The van der Waals surface area contributed by atoms with Gasteiger partial charge in [0.1, 0.15) is 10.7 Å². The molecule has 7 heteroatoms. The van der Waals surface area contributed by atoms with Gasteiger partial charge in [-0.1, -0.05) is 30.3 Å². The van der Waals surface area contributed by atoms with Crippen LogP contribution in [0.15, 0.2) is 35.7 Å². The fraction of sp³-hybridized carbons (Fsp3) is 0.286. The highest BCUT2D eigenvalue weighted by Crippen LogP contribution is 2.23. The average Bonchev–Trinajstić information content (AvgIpc) is 3.10. The van der Waals surface area contributed by atoms with Crippen molar-refractivity contribution in [1.29, 1.82) is 0 Å². The monoisotopic (exact) mass is 345 g/mol. The Balaban J connectivity index is 0.00000110. The fourth-order valence-corrected chi connectivity index (χ4v) is 2.93. The molecule has 1 amide bonds. The molecular formula is C14H17Cl2N3OS. The highest BCUT2D eigenvalue weighted by atomic mass is 35.5. The van der Waals surface area contributed by atoms with Crippen LogP contribution >= 0.6 is 36.2 Å². The molecule has 21 heavy (non-hydrogen) atoms. The number of carbonyl (C=O) groups is 1. The molecule has 2 aromatic rings. The summed E-state index contributed by atoms with van der Waals surface area (Å²) in [6.45, 7) is 1.82. The van der Waals surface area contributed by atoms with Crippen LogP contribution in [0.3, 0.4) is 0 Å². The van der Waals surface area contributed by atoms with E-state index in [1.807, 2.05) is 35.7 Å². The van der Waals surface area contributed by atoms with Gasteiger partial charge in [-0.15, -0.1) is 36.2 Å². The van der Waals surface area contributed by atoms with Crippen molar-refractivity contribution < 1.29 is 4.79 Å². The van der Waals surface area contributed by atoms with Gasteiger partial charge in [-0.3, -0.25) is 4.79 Å². The van der Waals surface area contributed by atoms with E-state index in [2.05, 4.69) is 15.6 Å². The van der Waals surface area contributed by atoms with Crippen molar-refractivity contribution in [2.24, 2.45) is 0 Å². The first-order valence-corrected chi connectivity index (χ1v) is 7.23. The number of aromatic nitrogens is 1. The van der Waals surface area contributed by atoms with Crippen LogP contribution in [-0.4, -0.2) is 30.0 Å². The van der Waals surface area contributed by atoms with E-state index < -0.39 is 0 Å². The molecule has 114 valence electrons. The van der Waals surface area contributed by atoms with Crippen molar-refractivity contribution in [1.82, 2.24) is 15.6 Å². The molecule has 1 saturated heterocycles. The Morgan fingerprint density at radius 2 is 2.05 bits per heavy atom. The normalized spacial score (nSPS) is 16.7. The third-order valence-corrected chi connectivity index (χ3v) is 4.04. The fourth-order valence-electron chi connectivity index (χ4n) is 2.13. The standard InChI is InChI=1S/C14H15N3OS.2ClH/c18-13(16-11-6-7-15-8-11)12-9-19-14(17-12)10-4-2-1-3-5-10;;/h1-5,9,11,15H,6-8H2,(H,16,18);2*1H. The Labute approximate surface area is 140 Å². The van der Waals surface area contributed by atoms with Gasteiger partial charge in [-0.25, -0.2) is 4.98 Å². The third-order valence-electron chi connectivity index (χ3n) is 3.15. The van der Waals surface area contributed by atoms with Crippen molar-refractivity contribution in [2.45, 2.75) is 12.5 Å². The number of hydrogen-bond acceptors (Lipinski definition) is 4. The van der Waals surface area contributed by atoms with Gasteiger partial charge in [-0.2, -0.15) is 0 Å². The first kappa shape index (κ1) is 17.9. The van der Waals surface area contributed by atoms with Crippen molar-refractivity contribution in [3.8, 4) is 10.6 Å². The summed E-state index contributed by atoms with van der Waals surface area (Å²) in [6.07, 6.45) is 0.988. The zero-order valence-corrected chi connectivity index (χ0v) is 13.7. The maximum Gasteiger partial charge on any atom is 0.271 e. The van der Waals surface area contributed by atoms with Gasteiger partial charge in [0, 0.05) is 23.5 Å². The highest BCUT2D eigenvalue weighted by Gasteiger charge is 2.19. The molecule has 0 spiro atoms. The van der Waals surface area contributed by atoms with Crippen molar-refractivity contribution in [3.05, 3.63) is 41.4 Å². The Bertz CT molecular complexity index is 571. The number of halogens is 2. The molecule has 0 radical (unpaired) electrons. The molecule has 1 fully saturated rings. The summed E-state index contributed by atoms with van der Waals surface area (Å²) in [4.78, 5) is 16.5. The summed E-state index contributed by atoms with van der Waals surface area (Å²) in [5.41, 5.74) is 1.56. The van der Waals surface area contributed by atoms with E-state index in [0.717, 1.165) is 30.1 Å². The highest BCUT2D eigenvalue weighted by molar-refractivity contribution is 7.13. The summed E-state index contributed by atoms with van der Waals surface area (Å²) in [6, 6.07) is 10.1. The third kappa shape index (κ3) is 4.41. The van der Waals surface area contributed by atoms with Crippen LogP contribution in [0.5, 0.6) is 0 Å². The van der Waals surface area contributed by atoms with E-state index in [1.54, 1.807) is 0 Å². The first-order chi connectivity index (χ1) is 9.33. The van der Waals surface area contributed by atoms with E-state index in [4.69, 9.17) is 0 Å². The largest absolute Gasteiger partial charge is 0.347 e. The molecule has 0 aliphatic carbocycles. The van der Waals surface area contributed by atoms with Crippen LogP contribution in [0.25, 0.3) is 10.6 Å². The van der Waals surface area contributed by atoms with Crippen LogP contribution in [0.2, 0.25) is 0 Å². The number of nitrogens with one attached hydrogen (secondary N) is 2. The number of hydrogen-bond donors (Lipinski definition) is 2. The minimum Gasteiger partial charge on any atom is -0.347 e. The lowest BCUT2D eigenvalue weighted by Crippen LogP contribution is -2.36. The van der Waals surface area contributed by atoms with Crippen LogP contribution < -0.4 is 10.6 Å². The minimum atomic E-state index is -0.0767. The molecule has 4 nitrogen and oxygen atoms in total. The topological polar surface area (TPSA) is 54.0 Å². The van der Waals surface area contributed by atoms with Gasteiger partial charge in [-0.05, 0) is 13.0 Å². The van der Waals surface area contributed by atoms with Gasteiger partial charge in [0.05, 0.1) is 0 Å². The van der Waals surface area contributed by atoms with Crippen molar-refractivity contribution in [2.75, 3.05) is 13.1 Å². The maximum atomic E-state index is 12.1. The molecule has 1 aromatic heterocycles. The van der Waals surface area contributed by atoms with Crippen LogP contribution in [0.1, 0.15) is 16.9 Å². The number of benzene rings is 1. The van der Waals surface area contributed by atoms with Gasteiger partial charge in [0.15, 0.2) is 0 Å². The zero-order chi connectivity index (χ0) is 13.1. The maximum absolute atomic E-state index is 12.1. The van der Waals surface area contributed by atoms with Crippen LogP contribution in [-0.2, 0) is 0 Å². The minimum absolute atomic E-state index is 0. The predicted octanol–water partition coefficient (Wildman–Crippen LogP) is 2.75. The Kier molecular flexibility index (Phi) is 7.11. The molecule has 1 aliphatic heterocycles. The molecule has 1 unspecified atom stereocenters. The van der Waals surface area contributed by atoms with Gasteiger partial charge in [0.2, 0.25) is 0 Å². The summed E-state index contributed by atoms with van der Waals surface area (Å²) in [5, 5.41) is 8.93. The SMILES string of the molecule is Cl.Cl.O=C(NC1CCNC1)c1csc(-c2ccccc2)n1. The summed E-state index contributed by atoms with van der Waals surface area (Å²) < 4.78 is 0.